The summed E-state index contributed by atoms with van der Waals surface area (Å²) in [7, 11) is 0. The van der Waals surface area contributed by atoms with E-state index in [1.807, 2.05) is 4.90 Å². The number of rotatable bonds is 7. The molecule has 0 spiro atoms. The van der Waals surface area contributed by atoms with E-state index in [-0.39, 0.29) is 18.1 Å². The zero-order chi connectivity index (χ0) is 28.4. The molecule has 2 saturated heterocycles. The van der Waals surface area contributed by atoms with Crippen molar-refractivity contribution in [3.63, 3.8) is 0 Å². The summed E-state index contributed by atoms with van der Waals surface area (Å²) in [5, 5.41) is 5.55. The lowest BCUT2D eigenvalue weighted by atomic mass is 10.0. The molecule has 0 saturated carbocycles. The Morgan fingerprint density at radius 1 is 1.10 bits per heavy atom. The number of alkyl halides is 3. The Labute approximate surface area is 227 Å². The molecule has 0 bridgehead atoms. The molecular formula is C27H29F5N6O2. The molecule has 40 heavy (non-hydrogen) atoms. The number of nitrogens with zero attached hydrogens (tertiary/aromatic N) is 4. The quantitative estimate of drug-likeness (QED) is 0.415. The lowest BCUT2D eigenvalue weighted by Crippen LogP contribution is -2.39. The van der Waals surface area contributed by atoms with Crippen molar-refractivity contribution < 1.29 is 31.5 Å². The highest BCUT2D eigenvalue weighted by molar-refractivity contribution is 5.98. The van der Waals surface area contributed by atoms with E-state index in [0.717, 1.165) is 6.07 Å². The Hall–Kier alpha value is -3.58. The zero-order valence-corrected chi connectivity index (χ0v) is 21.8. The van der Waals surface area contributed by atoms with Gasteiger partial charge >= 0.3 is 6.18 Å². The van der Waals surface area contributed by atoms with Crippen LogP contribution in [0.4, 0.5) is 33.5 Å². The molecule has 0 radical (unpaired) electrons. The van der Waals surface area contributed by atoms with Gasteiger partial charge in [-0.15, -0.1) is 0 Å². The Kier molecular flexibility index (Phi) is 8.04. The molecule has 0 aliphatic carbocycles. The van der Waals surface area contributed by atoms with Crippen LogP contribution in [0.2, 0.25) is 0 Å². The van der Waals surface area contributed by atoms with Crippen molar-refractivity contribution in [2.75, 3.05) is 56.2 Å². The van der Waals surface area contributed by atoms with Gasteiger partial charge in [0, 0.05) is 55.1 Å². The summed E-state index contributed by atoms with van der Waals surface area (Å²) in [5.74, 6) is -1.18. The van der Waals surface area contributed by atoms with Crippen molar-refractivity contribution in [2.45, 2.75) is 31.6 Å². The van der Waals surface area contributed by atoms with Gasteiger partial charge in [0.15, 0.2) is 0 Å². The summed E-state index contributed by atoms with van der Waals surface area (Å²) in [6, 6.07) is 5.38. The second-order valence-electron chi connectivity index (χ2n) is 10.0. The number of morpholine rings is 1. The summed E-state index contributed by atoms with van der Waals surface area (Å²) in [5.41, 5.74) is 2.06. The number of likely N-dealkylation sites (tertiary alicyclic amines) is 1. The first-order valence-electron chi connectivity index (χ1n) is 13.0. The van der Waals surface area contributed by atoms with Gasteiger partial charge < -0.3 is 25.2 Å². The van der Waals surface area contributed by atoms with Crippen molar-refractivity contribution in [1.82, 2.24) is 20.2 Å². The monoisotopic (exact) mass is 564 g/mol. The van der Waals surface area contributed by atoms with E-state index in [0.29, 0.717) is 67.2 Å². The molecule has 2 N–H and O–H groups in total. The number of halogens is 5. The third-order valence-electron chi connectivity index (χ3n) is 7.03. The average Bonchev–Trinajstić information content (AvgIpc) is 3.39. The third kappa shape index (κ3) is 6.58. The molecule has 5 rings (SSSR count). The van der Waals surface area contributed by atoms with Gasteiger partial charge in [-0.05, 0) is 37.6 Å². The number of hydrogen-bond acceptors (Lipinski definition) is 7. The Bertz CT molecular complexity index is 1360. The largest absolute Gasteiger partial charge is 0.401 e. The molecule has 8 nitrogen and oxygen atoms in total. The second-order valence-corrected chi connectivity index (χ2v) is 10.0. The molecule has 2 aliphatic heterocycles. The van der Waals surface area contributed by atoms with Crippen LogP contribution in [0.3, 0.4) is 0 Å². The van der Waals surface area contributed by atoms with Gasteiger partial charge in [0.1, 0.15) is 17.5 Å². The molecule has 1 aromatic heterocycles. The summed E-state index contributed by atoms with van der Waals surface area (Å²) in [6.45, 7) is 3.49. The van der Waals surface area contributed by atoms with Crippen molar-refractivity contribution in [1.29, 1.82) is 0 Å². The Morgan fingerprint density at radius 3 is 2.52 bits per heavy atom. The van der Waals surface area contributed by atoms with Crippen LogP contribution >= 0.6 is 0 Å². The Balaban J connectivity index is 1.46. The molecule has 3 aromatic rings. The lowest BCUT2D eigenvalue weighted by Gasteiger charge is -2.28. The number of hydrogen-bond donors (Lipinski definition) is 2. The number of carbonyl (C=O) groups is 1. The van der Waals surface area contributed by atoms with Gasteiger partial charge in [0.25, 0.3) is 5.91 Å². The lowest BCUT2D eigenvalue weighted by molar-refractivity contribution is -0.126. The van der Waals surface area contributed by atoms with E-state index in [1.54, 1.807) is 25.3 Å². The molecule has 2 aliphatic rings. The maximum absolute atomic E-state index is 13.9. The number of amides is 1. The second kappa shape index (κ2) is 11.5. The van der Waals surface area contributed by atoms with Crippen molar-refractivity contribution in [3.8, 4) is 0 Å². The molecule has 3 heterocycles. The number of fused-ring (bicyclic) bond motifs is 1. The fourth-order valence-electron chi connectivity index (χ4n) is 5.05. The van der Waals surface area contributed by atoms with Gasteiger partial charge in [0.05, 0.1) is 43.0 Å². The van der Waals surface area contributed by atoms with Crippen LogP contribution in [-0.4, -0.2) is 78.9 Å². The third-order valence-corrected chi connectivity index (χ3v) is 7.03. The van der Waals surface area contributed by atoms with Crippen LogP contribution in [-0.2, 0) is 4.74 Å². The maximum atomic E-state index is 13.9. The molecule has 1 amide bonds. The van der Waals surface area contributed by atoms with Gasteiger partial charge in [-0.1, -0.05) is 0 Å². The van der Waals surface area contributed by atoms with Crippen molar-refractivity contribution in [3.05, 3.63) is 59.3 Å². The number of nitrogens with one attached hydrogen (secondary N) is 2. The van der Waals surface area contributed by atoms with Crippen molar-refractivity contribution >= 4 is 28.4 Å². The van der Waals surface area contributed by atoms with Crippen LogP contribution < -0.4 is 15.5 Å². The number of benzene rings is 2. The zero-order valence-electron chi connectivity index (χ0n) is 21.8. The highest BCUT2D eigenvalue weighted by Crippen LogP contribution is 2.30. The van der Waals surface area contributed by atoms with E-state index in [1.165, 1.54) is 17.0 Å². The fraction of sp³-hybridized carbons (Fsp3) is 0.444. The molecule has 13 heteroatoms. The normalized spacial score (nSPS) is 18.8. The fourth-order valence-corrected chi connectivity index (χ4v) is 5.05. The molecule has 2 unspecified atom stereocenters. The molecule has 2 fully saturated rings. The van der Waals surface area contributed by atoms with E-state index in [9.17, 15) is 26.7 Å². The highest BCUT2D eigenvalue weighted by atomic mass is 19.4. The van der Waals surface area contributed by atoms with Crippen LogP contribution in [0.25, 0.3) is 11.0 Å². The predicted octanol–water partition coefficient (Wildman–Crippen LogP) is 4.28. The smallest absolute Gasteiger partial charge is 0.378 e. The van der Waals surface area contributed by atoms with Gasteiger partial charge in [-0.3, -0.25) is 9.78 Å². The number of anilines is 2. The van der Waals surface area contributed by atoms with E-state index >= 15 is 0 Å². The van der Waals surface area contributed by atoms with Crippen LogP contribution in [0, 0.1) is 11.6 Å². The standard InChI is InChI=1S/C27H29F5N6O2/c1-16(35-21-11-18(28)10-19(29)12-21)22-8-17(26(39)38-3-2-20(14-38)34-15-27(30,31)32)9-23-25(22)36-24(13-33-23)37-4-6-40-7-5-37/h8-13,16,20,34-35H,2-7,14-15H2,1H3. The predicted molar refractivity (Wildman–Crippen MR) is 139 cm³/mol. The summed E-state index contributed by atoms with van der Waals surface area (Å²) >= 11 is 0. The minimum atomic E-state index is -4.34. The van der Waals surface area contributed by atoms with Crippen molar-refractivity contribution in [2.24, 2.45) is 0 Å². The molecule has 214 valence electrons. The molecule has 2 atom stereocenters. The first-order valence-corrected chi connectivity index (χ1v) is 13.0. The Morgan fingerprint density at radius 2 is 1.82 bits per heavy atom. The maximum Gasteiger partial charge on any atom is 0.401 e. The number of carbonyl (C=O) groups excluding carboxylic acids is 1. The SMILES string of the molecule is CC(Nc1cc(F)cc(F)c1)c1cc(C(=O)N2CCC(NCC(F)(F)F)C2)cc2ncc(N3CCOCC3)nc12. The topological polar surface area (TPSA) is 82.6 Å². The minimum absolute atomic E-state index is 0.139. The van der Waals surface area contributed by atoms with Gasteiger partial charge in [0.2, 0.25) is 0 Å². The highest BCUT2D eigenvalue weighted by Gasteiger charge is 2.32. The van der Waals surface area contributed by atoms with Gasteiger partial charge in [-0.2, -0.15) is 13.2 Å². The van der Waals surface area contributed by atoms with Crippen LogP contribution in [0.15, 0.2) is 36.5 Å². The number of ether oxygens (including phenoxy) is 1. The van der Waals surface area contributed by atoms with E-state index in [4.69, 9.17) is 9.72 Å². The van der Waals surface area contributed by atoms with E-state index < -0.39 is 36.4 Å². The minimum Gasteiger partial charge on any atom is -0.378 e. The number of aromatic nitrogens is 2. The first kappa shape index (κ1) is 28.0. The molecular weight excluding hydrogens is 535 g/mol. The molecule has 2 aromatic carbocycles. The van der Waals surface area contributed by atoms with E-state index in [2.05, 4.69) is 15.6 Å². The average molecular weight is 565 g/mol. The summed E-state index contributed by atoms with van der Waals surface area (Å²) in [6.07, 6.45) is -2.32. The summed E-state index contributed by atoms with van der Waals surface area (Å²) < 4.78 is 71.0. The summed E-state index contributed by atoms with van der Waals surface area (Å²) in [4.78, 5) is 26.4. The van der Waals surface area contributed by atoms with Gasteiger partial charge in [-0.25, -0.2) is 13.8 Å². The van der Waals surface area contributed by atoms with Crippen LogP contribution in [0.5, 0.6) is 0 Å². The van der Waals surface area contributed by atoms with Crippen LogP contribution in [0.1, 0.15) is 35.3 Å². The first-order chi connectivity index (χ1) is 19.1.